The topological polar surface area (TPSA) is 87.2 Å². The number of nitrogens with zero attached hydrogens (tertiary/aromatic N) is 1. The van der Waals surface area contributed by atoms with Crippen molar-refractivity contribution in [2.45, 2.75) is 13.0 Å². The van der Waals surface area contributed by atoms with Crippen molar-refractivity contribution in [1.29, 1.82) is 5.41 Å². The van der Waals surface area contributed by atoms with Gasteiger partial charge >= 0.3 is 0 Å². The third kappa shape index (κ3) is 3.94. The van der Waals surface area contributed by atoms with Crippen molar-refractivity contribution in [1.82, 2.24) is 4.90 Å². The summed E-state index contributed by atoms with van der Waals surface area (Å²) in [5, 5.41) is 7.93. The van der Waals surface area contributed by atoms with Gasteiger partial charge in [0.25, 0.3) is 0 Å². The highest BCUT2D eigenvalue weighted by Crippen LogP contribution is 2.20. The smallest absolute Gasteiger partial charge is 0.151 e. The minimum absolute atomic E-state index is 0.0145. The van der Waals surface area contributed by atoms with Crippen LogP contribution in [-0.2, 0) is 16.4 Å². The van der Waals surface area contributed by atoms with Gasteiger partial charge in [-0.2, -0.15) is 0 Å². The number of nitrogen functional groups attached to an aromatic ring is 1. The number of nitrogens with one attached hydrogen (secondary N) is 1. The number of amidine groups is 1. The molecule has 3 N–H and O–H groups in total. The zero-order valence-corrected chi connectivity index (χ0v) is 12.7. The monoisotopic (exact) mass is 315 g/mol. The standard InChI is InChI=1S/C13H18ClN3O2S/c14-12-8-10(13(15)16)2-3-11(12)9-17-4-1-6-20(18,19)7-5-17/h2-3,8H,1,4-7,9H2,(H3,15,16). The molecule has 0 atom stereocenters. The molecule has 0 spiro atoms. The Bertz CT molecular complexity index is 616. The number of benzene rings is 1. The Morgan fingerprint density at radius 3 is 2.75 bits per heavy atom. The van der Waals surface area contributed by atoms with Crippen LogP contribution in [0.4, 0.5) is 0 Å². The Morgan fingerprint density at radius 1 is 1.35 bits per heavy atom. The molecule has 2 rings (SSSR count). The fraction of sp³-hybridized carbons (Fsp3) is 0.462. The lowest BCUT2D eigenvalue weighted by molar-refractivity contribution is 0.287. The van der Waals surface area contributed by atoms with Gasteiger partial charge in [0.05, 0.1) is 11.5 Å². The second-order valence-corrected chi connectivity index (χ2v) is 7.71. The van der Waals surface area contributed by atoms with Gasteiger partial charge in [0, 0.05) is 23.7 Å². The number of hydrogen-bond donors (Lipinski definition) is 2. The lowest BCUT2D eigenvalue weighted by atomic mass is 10.1. The van der Waals surface area contributed by atoms with Gasteiger partial charge in [-0.15, -0.1) is 0 Å². The Morgan fingerprint density at radius 2 is 2.10 bits per heavy atom. The fourth-order valence-corrected chi connectivity index (χ4v) is 3.78. The SMILES string of the molecule is N=C(N)c1ccc(CN2CCCS(=O)(=O)CC2)c(Cl)c1. The average molecular weight is 316 g/mol. The van der Waals surface area contributed by atoms with Crippen LogP contribution in [0.5, 0.6) is 0 Å². The number of halogens is 1. The van der Waals surface area contributed by atoms with Crippen LogP contribution < -0.4 is 5.73 Å². The Labute approximate surface area is 124 Å². The second-order valence-electron chi connectivity index (χ2n) is 5.00. The van der Waals surface area contributed by atoms with Crippen molar-refractivity contribution in [2.24, 2.45) is 5.73 Å². The normalized spacial score (nSPS) is 19.4. The van der Waals surface area contributed by atoms with E-state index in [9.17, 15) is 8.42 Å². The van der Waals surface area contributed by atoms with Gasteiger partial charge in [-0.05, 0) is 24.6 Å². The van der Waals surface area contributed by atoms with Gasteiger partial charge in [-0.25, -0.2) is 8.42 Å². The molecule has 0 bridgehead atoms. The van der Waals surface area contributed by atoms with Crippen LogP contribution in [0.1, 0.15) is 17.5 Å². The molecule has 0 aliphatic carbocycles. The Kier molecular flexibility index (Phi) is 4.67. The average Bonchev–Trinajstić information content (AvgIpc) is 2.53. The van der Waals surface area contributed by atoms with Gasteiger partial charge < -0.3 is 5.73 Å². The van der Waals surface area contributed by atoms with E-state index in [2.05, 4.69) is 4.90 Å². The van der Waals surface area contributed by atoms with Crippen molar-refractivity contribution in [3.8, 4) is 0 Å². The largest absolute Gasteiger partial charge is 0.384 e. The van der Waals surface area contributed by atoms with Crippen LogP contribution in [0.25, 0.3) is 0 Å². The van der Waals surface area contributed by atoms with E-state index in [4.69, 9.17) is 22.7 Å². The molecule has 0 radical (unpaired) electrons. The van der Waals surface area contributed by atoms with E-state index in [0.717, 1.165) is 12.1 Å². The zero-order chi connectivity index (χ0) is 14.8. The molecule has 110 valence electrons. The lowest BCUT2D eigenvalue weighted by Gasteiger charge is -2.20. The summed E-state index contributed by atoms with van der Waals surface area (Å²) >= 11 is 6.19. The van der Waals surface area contributed by atoms with Crippen LogP contribution in [0.2, 0.25) is 5.02 Å². The summed E-state index contributed by atoms with van der Waals surface area (Å²) in [6, 6.07) is 5.28. The molecule has 0 unspecified atom stereocenters. The Hall–Kier alpha value is -1.11. The highest BCUT2D eigenvalue weighted by Gasteiger charge is 2.19. The van der Waals surface area contributed by atoms with Crippen molar-refractivity contribution in [3.63, 3.8) is 0 Å². The molecule has 5 nitrogen and oxygen atoms in total. The van der Waals surface area contributed by atoms with E-state index in [0.29, 0.717) is 30.1 Å². The van der Waals surface area contributed by atoms with E-state index < -0.39 is 9.84 Å². The van der Waals surface area contributed by atoms with Crippen molar-refractivity contribution < 1.29 is 8.42 Å². The maximum atomic E-state index is 11.6. The minimum Gasteiger partial charge on any atom is -0.384 e. The van der Waals surface area contributed by atoms with E-state index in [-0.39, 0.29) is 17.3 Å². The van der Waals surface area contributed by atoms with E-state index in [1.807, 2.05) is 6.07 Å². The zero-order valence-electron chi connectivity index (χ0n) is 11.1. The van der Waals surface area contributed by atoms with Crippen molar-refractivity contribution in [2.75, 3.05) is 24.6 Å². The third-order valence-corrected chi connectivity index (χ3v) is 5.47. The summed E-state index contributed by atoms with van der Waals surface area (Å²) < 4.78 is 23.1. The van der Waals surface area contributed by atoms with Gasteiger partial charge in [0.2, 0.25) is 0 Å². The van der Waals surface area contributed by atoms with Crippen molar-refractivity contribution >= 4 is 27.3 Å². The summed E-state index contributed by atoms with van der Waals surface area (Å²) in [5.74, 6) is 0.454. The molecule has 1 fully saturated rings. The molecule has 0 amide bonds. The highest BCUT2D eigenvalue weighted by molar-refractivity contribution is 7.91. The summed E-state index contributed by atoms with van der Waals surface area (Å²) in [6.07, 6.45) is 0.658. The molecular weight excluding hydrogens is 298 g/mol. The summed E-state index contributed by atoms with van der Waals surface area (Å²) in [7, 11) is -2.89. The number of sulfone groups is 1. The highest BCUT2D eigenvalue weighted by atomic mass is 35.5. The maximum absolute atomic E-state index is 11.6. The quantitative estimate of drug-likeness (QED) is 0.649. The fourth-order valence-electron chi connectivity index (χ4n) is 2.23. The summed E-state index contributed by atoms with van der Waals surface area (Å²) in [4.78, 5) is 2.10. The van der Waals surface area contributed by atoms with Crippen molar-refractivity contribution in [3.05, 3.63) is 34.3 Å². The van der Waals surface area contributed by atoms with Crippen LogP contribution in [-0.4, -0.2) is 43.7 Å². The molecular formula is C13H18ClN3O2S. The first-order valence-electron chi connectivity index (χ1n) is 6.43. The van der Waals surface area contributed by atoms with Gasteiger partial charge in [0.1, 0.15) is 5.84 Å². The lowest BCUT2D eigenvalue weighted by Crippen LogP contribution is -2.26. The summed E-state index contributed by atoms with van der Waals surface area (Å²) in [5.41, 5.74) is 6.94. The van der Waals surface area contributed by atoms with Crippen LogP contribution in [0.3, 0.4) is 0 Å². The molecule has 1 saturated heterocycles. The maximum Gasteiger partial charge on any atom is 0.151 e. The predicted molar refractivity (Wildman–Crippen MR) is 81.0 cm³/mol. The molecule has 1 aromatic carbocycles. The molecule has 20 heavy (non-hydrogen) atoms. The van der Waals surface area contributed by atoms with Gasteiger partial charge in [0.15, 0.2) is 9.84 Å². The van der Waals surface area contributed by atoms with Gasteiger partial charge in [-0.1, -0.05) is 23.7 Å². The van der Waals surface area contributed by atoms with Crippen LogP contribution >= 0.6 is 11.6 Å². The second kappa shape index (κ2) is 6.11. The molecule has 1 aliphatic rings. The molecule has 1 aromatic rings. The van der Waals surface area contributed by atoms with Crippen LogP contribution in [0.15, 0.2) is 18.2 Å². The molecule has 0 aromatic heterocycles. The van der Waals surface area contributed by atoms with E-state index in [1.54, 1.807) is 12.1 Å². The molecule has 0 saturated carbocycles. The summed E-state index contributed by atoms with van der Waals surface area (Å²) in [6.45, 7) is 1.91. The first-order chi connectivity index (χ1) is 9.37. The first-order valence-corrected chi connectivity index (χ1v) is 8.63. The minimum atomic E-state index is -2.89. The first kappa shape index (κ1) is 15.3. The van der Waals surface area contributed by atoms with Crippen LogP contribution in [0, 0.1) is 5.41 Å². The van der Waals surface area contributed by atoms with Gasteiger partial charge in [-0.3, -0.25) is 10.3 Å². The van der Waals surface area contributed by atoms with E-state index in [1.165, 1.54) is 0 Å². The number of hydrogen-bond acceptors (Lipinski definition) is 4. The molecule has 7 heteroatoms. The third-order valence-electron chi connectivity index (χ3n) is 3.41. The predicted octanol–water partition coefficient (Wildman–Crippen LogP) is 1.24. The number of nitrogens with two attached hydrogens (primary N) is 1. The number of rotatable bonds is 3. The molecule has 1 heterocycles. The Balaban J connectivity index is 2.08. The van der Waals surface area contributed by atoms with E-state index >= 15 is 0 Å². The molecule has 1 aliphatic heterocycles.